The third-order valence-corrected chi connectivity index (χ3v) is 5.12. The third-order valence-electron chi connectivity index (χ3n) is 4.39. The van der Waals surface area contributed by atoms with Crippen molar-refractivity contribution in [3.05, 3.63) is 34.8 Å². The summed E-state index contributed by atoms with van der Waals surface area (Å²) in [7, 11) is -0.329. The zero-order chi connectivity index (χ0) is 15.1. The van der Waals surface area contributed by atoms with Crippen LogP contribution in [0.1, 0.15) is 33.3 Å². The molecule has 0 atom stereocenters. The van der Waals surface area contributed by atoms with E-state index < -0.39 is 0 Å². The number of nitrogens with zero attached hydrogens (tertiary/aromatic N) is 2. The van der Waals surface area contributed by atoms with Crippen LogP contribution >= 0.6 is 11.3 Å². The van der Waals surface area contributed by atoms with Gasteiger partial charge in [-0.3, -0.25) is 4.68 Å². The first-order valence-electron chi connectivity index (χ1n) is 7.26. The summed E-state index contributed by atoms with van der Waals surface area (Å²) in [6.07, 6.45) is 4.86. The Kier molecular flexibility index (Phi) is 3.72. The van der Waals surface area contributed by atoms with Crippen LogP contribution in [0.5, 0.6) is 0 Å². The molecule has 1 aliphatic rings. The summed E-state index contributed by atoms with van der Waals surface area (Å²) < 4.78 is 14.0. The molecule has 0 amide bonds. The number of rotatable bonds is 4. The normalized spacial score (nSPS) is 20.1. The molecule has 1 saturated heterocycles. The maximum absolute atomic E-state index is 6.04. The molecule has 21 heavy (non-hydrogen) atoms. The van der Waals surface area contributed by atoms with Crippen LogP contribution in [0, 0.1) is 0 Å². The maximum atomic E-state index is 6.04. The fraction of sp³-hybridized carbons (Fsp3) is 0.533. The quantitative estimate of drug-likeness (QED) is 0.814. The summed E-state index contributed by atoms with van der Waals surface area (Å²) in [4.78, 5) is 0. The summed E-state index contributed by atoms with van der Waals surface area (Å²) in [5.41, 5.74) is 1.72. The van der Waals surface area contributed by atoms with Crippen molar-refractivity contribution >= 4 is 23.9 Å². The van der Waals surface area contributed by atoms with Crippen LogP contribution in [-0.4, -0.2) is 28.1 Å². The summed E-state index contributed by atoms with van der Waals surface area (Å²) in [6.45, 7) is 9.13. The highest BCUT2D eigenvalue weighted by Crippen LogP contribution is 2.36. The van der Waals surface area contributed by atoms with Crippen molar-refractivity contribution in [2.24, 2.45) is 0 Å². The van der Waals surface area contributed by atoms with Gasteiger partial charge >= 0.3 is 7.12 Å². The van der Waals surface area contributed by atoms with Crippen LogP contribution in [0.4, 0.5) is 0 Å². The molecule has 112 valence electrons. The van der Waals surface area contributed by atoms with E-state index in [1.165, 1.54) is 5.56 Å². The number of aryl methyl sites for hydroxylation is 2. The molecule has 6 heteroatoms. The highest BCUT2D eigenvalue weighted by molar-refractivity contribution is 7.07. The van der Waals surface area contributed by atoms with Crippen molar-refractivity contribution in [2.45, 2.75) is 51.9 Å². The van der Waals surface area contributed by atoms with E-state index in [-0.39, 0.29) is 18.3 Å². The SMILES string of the molecule is CC1(C)OB(c2cnn(CCc3ccsc3)c2)OC1(C)C. The smallest absolute Gasteiger partial charge is 0.399 e. The van der Waals surface area contributed by atoms with Gasteiger partial charge in [0.2, 0.25) is 0 Å². The molecule has 4 nitrogen and oxygen atoms in total. The molecule has 0 saturated carbocycles. The van der Waals surface area contributed by atoms with Gasteiger partial charge in [-0.25, -0.2) is 0 Å². The van der Waals surface area contributed by atoms with Gasteiger partial charge in [0.05, 0.1) is 11.2 Å². The minimum absolute atomic E-state index is 0.309. The van der Waals surface area contributed by atoms with Crippen LogP contribution < -0.4 is 5.46 Å². The highest BCUT2D eigenvalue weighted by atomic mass is 32.1. The van der Waals surface area contributed by atoms with Crippen molar-refractivity contribution in [3.8, 4) is 0 Å². The van der Waals surface area contributed by atoms with Crippen molar-refractivity contribution in [1.29, 1.82) is 0 Å². The molecule has 0 N–H and O–H groups in total. The summed E-state index contributed by atoms with van der Waals surface area (Å²) in [6, 6.07) is 2.16. The average molecular weight is 304 g/mol. The average Bonchev–Trinajstić information content (AvgIpc) is 3.09. The van der Waals surface area contributed by atoms with Crippen LogP contribution in [0.25, 0.3) is 0 Å². The topological polar surface area (TPSA) is 36.3 Å². The monoisotopic (exact) mass is 304 g/mol. The van der Waals surface area contributed by atoms with E-state index in [0.29, 0.717) is 0 Å². The first kappa shape index (κ1) is 14.8. The Labute approximate surface area is 130 Å². The number of thiophene rings is 1. The number of aromatic nitrogens is 2. The lowest BCUT2D eigenvalue weighted by Crippen LogP contribution is -2.41. The van der Waals surface area contributed by atoms with E-state index in [1.54, 1.807) is 11.3 Å². The van der Waals surface area contributed by atoms with Gasteiger partial charge in [0, 0.05) is 24.4 Å². The molecular weight excluding hydrogens is 283 g/mol. The van der Waals surface area contributed by atoms with Gasteiger partial charge in [-0.2, -0.15) is 16.4 Å². The largest absolute Gasteiger partial charge is 0.498 e. The standard InChI is InChI=1S/C15H21BN2O2S/c1-14(2)15(3,4)20-16(19-14)13-9-17-18(10-13)7-5-12-6-8-21-11-12/h6,8-11H,5,7H2,1-4H3. The lowest BCUT2D eigenvalue weighted by atomic mass is 9.82. The van der Waals surface area contributed by atoms with Gasteiger partial charge < -0.3 is 9.31 Å². The Morgan fingerprint density at radius 1 is 1.24 bits per heavy atom. The molecule has 0 spiro atoms. The Balaban J connectivity index is 1.66. The summed E-state index contributed by atoms with van der Waals surface area (Å²) in [5, 5.41) is 8.70. The number of hydrogen-bond donors (Lipinski definition) is 0. The Bertz CT molecular complexity index is 591. The van der Waals surface area contributed by atoms with Crippen LogP contribution in [0.3, 0.4) is 0 Å². The van der Waals surface area contributed by atoms with Gasteiger partial charge in [0.1, 0.15) is 0 Å². The zero-order valence-corrected chi connectivity index (χ0v) is 13.8. The molecule has 0 bridgehead atoms. The van der Waals surface area contributed by atoms with E-state index in [1.807, 2.05) is 17.1 Å². The van der Waals surface area contributed by atoms with Crippen LogP contribution in [-0.2, 0) is 22.3 Å². The molecule has 0 aromatic carbocycles. The molecular formula is C15H21BN2O2S. The predicted molar refractivity (Wildman–Crippen MR) is 86.0 cm³/mol. The molecule has 1 fully saturated rings. The Morgan fingerprint density at radius 3 is 2.57 bits per heavy atom. The minimum atomic E-state index is -0.329. The third kappa shape index (κ3) is 2.93. The Morgan fingerprint density at radius 2 is 1.95 bits per heavy atom. The fourth-order valence-electron chi connectivity index (χ4n) is 2.28. The minimum Gasteiger partial charge on any atom is -0.399 e. The van der Waals surface area contributed by atoms with E-state index in [9.17, 15) is 0 Å². The number of hydrogen-bond acceptors (Lipinski definition) is 4. The Hall–Kier alpha value is -1.11. The second-order valence-electron chi connectivity index (χ2n) is 6.51. The maximum Gasteiger partial charge on any atom is 0.498 e. The first-order valence-corrected chi connectivity index (χ1v) is 8.21. The molecule has 2 aromatic rings. The first-order chi connectivity index (χ1) is 9.87. The van der Waals surface area contributed by atoms with Crippen molar-refractivity contribution in [2.75, 3.05) is 0 Å². The van der Waals surface area contributed by atoms with Crippen LogP contribution in [0.2, 0.25) is 0 Å². The molecule has 2 aromatic heterocycles. The second kappa shape index (κ2) is 5.27. The summed E-state index contributed by atoms with van der Waals surface area (Å²) >= 11 is 1.73. The fourth-order valence-corrected chi connectivity index (χ4v) is 2.98. The van der Waals surface area contributed by atoms with Gasteiger partial charge in [-0.15, -0.1) is 0 Å². The van der Waals surface area contributed by atoms with Gasteiger partial charge in [0.25, 0.3) is 0 Å². The molecule has 1 aliphatic heterocycles. The van der Waals surface area contributed by atoms with E-state index >= 15 is 0 Å². The van der Waals surface area contributed by atoms with Gasteiger partial charge in [-0.05, 0) is 56.5 Å². The van der Waals surface area contributed by atoms with Crippen molar-refractivity contribution in [1.82, 2.24) is 9.78 Å². The lowest BCUT2D eigenvalue weighted by Gasteiger charge is -2.32. The van der Waals surface area contributed by atoms with Gasteiger partial charge in [-0.1, -0.05) is 0 Å². The molecule has 3 rings (SSSR count). The van der Waals surface area contributed by atoms with E-state index in [0.717, 1.165) is 18.4 Å². The van der Waals surface area contributed by atoms with E-state index in [4.69, 9.17) is 9.31 Å². The van der Waals surface area contributed by atoms with Crippen LogP contribution in [0.15, 0.2) is 29.2 Å². The van der Waals surface area contributed by atoms with Crippen molar-refractivity contribution in [3.63, 3.8) is 0 Å². The zero-order valence-electron chi connectivity index (χ0n) is 13.0. The van der Waals surface area contributed by atoms with Crippen molar-refractivity contribution < 1.29 is 9.31 Å². The molecule has 0 radical (unpaired) electrons. The predicted octanol–water partition coefficient (Wildman–Crippen LogP) is 2.49. The highest BCUT2D eigenvalue weighted by Gasteiger charge is 2.52. The summed E-state index contributed by atoms with van der Waals surface area (Å²) in [5.74, 6) is 0. The lowest BCUT2D eigenvalue weighted by molar-refractivity contribution is 0.00578. The molecule has 0 aliphatic carbocycles. The van der Waals surface area contributed by atoms with E-state index in [2.05, 4.69) is 49.6 Å². The van der Waals surface area contributed by atoms with Gasteiger partial charge in [0.15, 0.2) is 0 Å². The second-order valence-corrected chi connectivity index (χ2v) is 7.29. The molecule has 3 heterocycles. The molecule has 0 unspecified atom stereocenters.